The SMILES string of the molecule is C[C@H]1CN(c2ccc(C(F)F)cc2[N+](=O)[O-])CCCO1. The summed E-state index contributed by atoms with van der Waals surface area (Å²) in [7, 11) is 0. The van der Waals surface area contributed by atoms with Crippen LogP contribution in [0.3, 0.4) is 0 Å². The first kappa shape index (κ1) is 14.6. The topological polar surface area (TPSA) is 55.6 Å². The first-order valence-corrected chi connectivity index (χ1v) is 6.42. The Kier molecular flexibility index (Phi) is 4.49. The molecule has 0 bridgehead atoms. The molecule has 0 N–H and O–H groups in total. The molecule has 1 heterocycles. The summed E-state index contributed by atoms with van der Waals surface area (Å²) in [5.74, 6) is 0. The number of ether oxygens (including phenoxy) is 1. The highest BCUT2D eigenvalue weighted by molar-refractivity contribution is 5.64. The molecule has 5 nitrogen and oxygen atoms in total. The summed E-state index contributed by atoms with van der Waals surface area (Å²) in [6.07, 6.45) is -2.01. The number of hydrogen-bond donors (Lipinski definition) is 0. The number of alkyl halides is 2. The monoisotopic (exact) mass is 286 g/mol. The van der Waals surface area contributed by atoms with Crippen molar-refractivity contribution in [2.24, 2.45) is 0 Å². The van der Waals surface area contributed by atoms with Crippen molar-refractivity contribution in [3.63, 3.8) is 0 Å². The summed E-state index contributed by atoms with van der Waals surface area (Å²) in [6.45, 7) is 3.60. The minimum absolute atomic E-state index is 0.0492. The molecule has 0 saturated carbocycles. The quantitative estimate of drug-likeness (QED) is 0.632. The van der Waals surface area contributed by atoms with Crippen LogP contribution < -0.4 is 4.90 Å². The summed E-state index contributed by atoms with van der Waals surface area (Å²) < 4.78 is 30.8. The van der Waals surface area contributed by atoms with Crippen molar-refractivity contribution in [2.75, 3.05) is 24.6 Å². The normalized spacial score (nSPS) is 20.0. The van der Waals surface area contributed by atoms with Crippen LogP contribution in [0.2, 0.25) is 0 Å². The standard InChI is InChI=1S/C13H16F2N2O3/c1-9-8-16(5-2-6-20-9)11-4-3-10(13(14)15)7-12(11)17(18)19/h3-4,7,9,13H,2,5-6,8H2,1H3/t9-/m0/s1. The third-order valence-electron chi connectivity index (χ3n) is 3.24. The van der Waals surface area contributed by atoms with Gasteiger partial charge < -0.3 is 9.64 Å². The Balaban J connectivity index is 2.36. The van der Waals surface area contributed by atoms with Crippen LogP contribution in [0.1, 0.15) is 25.3 Å². The average Bonchev–Trinajstić information content (AvgIpc) is 2.62. The zero-order valence-electron chi connectivity index (χ0n) is 11.1. The summed E-state index contributed by atoms with van der Waals surface area (Å²) in [6, 6.07) is 3.59. The lowest BCUT2D eigenvalue weighted by molar-refractivity contribution is -0.384. The summed E-state index contributed by atoms with van der Waals surface area (Å²) in [5, 5.41) is 11.1. The van der Waals surface area contributed by atoms with Crippen molar-refractivity contribution < 1.29 is 18.4 Å². The first-order valence-electron chi connectivity index (χ1n) is 6.42. The highest BCUT2D eigenvalue weighted by Crippen LogP contribution is 2.33. The number of benzene rings is 1. The Morgan fingerprint density at radius 1 is 1.50 bits per heavy atom. The maximum atomic E-state index is 12.7. The van der Waals surface area contributed by atoms with E-state index >= 15 is 0 Å². The largest absolute Gasteiger partial charge is 0.377 e. The van der Waals surface area contributed by atoms with Gasteiger partial charge in [-0.05, 0) is 19.4 Å². The molecule has 110 valence electrons. The molecule has 1 aliphatic rings. The van der Waals surface area contributed by atoms with Crippen molar-refractivity contribution in [3.8, 4) is 0 Å². The van der Waals surface area contributed by atoms with Gasteiger partial charge in [-0.15, -0.1) is 0 Å². The van der Waals surface area contributed by atoms with Gasteiger partial charge >= 0.3 is 0 Å². The Hall–Kier alpha value is -1.76. The molecule has 0 spiro atoms. The molecule has 1 saturated heterocycles. The van der Waals surface area contributed by atoms with Gasteiger partial charge in [-0.25, -0.2) is 8.78 Å². The molecule has 1 aromatic carbocycles. The third kappa shape index (κ3) is 3.22. The van der Waals surface area contributed by atoms with Crippen LogP contribution in [0.15, 0.2) is 18.2 Å². The number of rotatable bonds is 3. The molecular formula is C13H16F2N2O3. The predicted octanol–water partition coefficient (Wildman–Crippen LogP) is 3.15. The fraction of sp³-hybridized carbons (Fsp3) is 0.538. The number of hydrogen-bond acceptors (Lipinski definition) is 4. The van der Waals surface area contributed by atoms with Crippen molar-refractivity contribution in [1.29, 1.82) is 0 Å². The molecule has 1 aliphatic heterocycles. The van der Waals surface area contributed by atoms with Crippen LogP contribution >= 0.6 is 0 Å². The second-order valence-electron chi connectivity index (χ2n) is 4.79. The first-order chi connectivity index (χ1) is 9.49. The van der Waals surface area contributed by atoms with Crippen molar-refractivity contribution in [1.82, 2.24) is 0 Å². The van der Waals surface area contributed by atoms with Gasteiger partial charge in [-0.1, -0.05) is 6.07 Å². The smallest absolute Gasteiger partial charge is 0.293 e. The van der Waals surface area contributed by atoms with Crippen molar-refractivity contribution in [2.45, 2.75) is 25.9 Å². The lowest BCUT2D eigenvalue weighted by Gasteiger charge is -2.24. The van der Waals surface area contributed by atoms with Crippen LogP contribution in [-0.2, 0) is 4.74 Å². The lowest BCUT2D eigenvalue weighted by atomic mass is 10.1. The number of halogens is 2. The fourth-order valence-corrected chi connectivity index (χ4v) is 2.30. The molecule has 0 radical (unpaired) electrons. The van der Waals surface area contributed by atoms with Crippen molar-refractivity contribution in [3.05, 3.63) is 33.9 Å². The van der Waals surface area contributed by atoms with Gasteiger partial charge in [-0.2, -0.15) is 0 Å². The van der Waals surface area contributed by atoms with Gasteiger partial charge in [0.1, 0.15) is 5.69 Å². The van der Waals surface area contributed by atoms with E-state index in [9.17, 15) is 18.9 Å². The van der Waals surface area contributed by atoms with E-state index in [0.717, 1.165) is 12.5 Å². The maximum absolute atomic E-state index is 12.7. The fourth-order valence-electron chi connectivity index (χ4n) is 2.30. The Labute approximate surface area is 115 Å². The van der Waals surface area contributed by atoms with E-state index in [0.29, 0.717) is 25.4 Å². The Morgan fingerprint density at radius 3 is 2.90 bits per heavy atom. The van der Waals surface area contributed by atoms with Crippen LogP contribution in [0.5, 0.6) is 0 Å². The van der Waals surface area contributed by atoms with Gasteiger partial charge in [0.25, 0.3) is 12.1 Å². The zero-order chi connectivity index (χ0) is 14.7. The van der Waals surface area contributed by atoms with Crippen LogP contribution in [0.25, 0.3) is 0 Å². The number of nitro groups is 1. The van der Waals surface area contributed by atoms with Gasteiger partial charge in [-0.3, -0.25) is 10.1 Å². The number of nitro benzene ring substituents is 1. The highest BCUT2D eigenvalue weighted by atomic mass is 19.3. The van der Waals surface area contributed by atoms with Gasteiger partial charge in [0.15, 0.2) is 0 Å². The van der Waals surface area contributed by atoms with E-state index in [1.807, 2.05) is 11.8 Å². The lowest BCUT2D eigenvalue weighted by Crippen LogP contribution is -2.30. The van der Waals surface area contributed by atoms with Crippen LogP contribution in [0.4, 0.5) is 20.2 Å². The molecule has 0 aliphatic carbocycles. The molecule has 7 heteroatoms. The van der Waals surface area contributed by atoms with Gasteiger partial charge in [0.05, 0.1) is 11.0 Å². The average molecular weight is 286 g/mol. The molecule has 2 rings (SSSR count). The molecule has 1 atom stereocenters. The van der Waals surface area contributed by atoms with Crippen LogP contribution in [-0.4, -0.2) is 30.7 Å². The molecule has 20 heavy (non-hydrogen) atoms. The van der Waals surface area contributed by atoms with Crippen molar-refractivity contribution >= 4 is 11.4 Å². The zero-order valence-corrected chi connectivity index (χ0v) is 11.1. The van der Waals surface area contributed by atoms with Gasteiger partial charge in [0, 0.05) is 31.3 Å². The predicted molar refractivity (Wildman–Crippen MR) is 70.3 cm³/mol. The molecule has 1 aromatic rings. The van der Waals surface area contributed by atoms with E-state index in [1.54, 1.807) is 0 Å². The minimum Gasteiger partial charge on any atom is -0.377 e. The summed E-state index contributed by atoms with van der Waals surface area (Å²) in [5.41, 5.74) is -0.242. The Bertz CT molecular complexity index is 497. The maximum Gasteiger partial charge on any atom is 0.293 e. The second kappa shape index (κ2) is 6.13. The van der Waals surface area contributed by atoms with Gasteiger partial charge in [0.2, 0.25) is 0 Å². The molecule has 0 aromatic heterocycles. The van der Waals surface area contributed by atoms with E-state index in [1.165, 1.54) is 12.1 Å². The van der Waals surface area contributed by atoms with E-state index in [2.05, 4.69) is 0 Å². The molecular weight excluding hydrogens is 270 g/mol. The molecule has 0 amide bonds. The molecule has 0 unspecified atom stereocenters. The Morgan fingerprint density at radius 2 is 2.25 bits per heavy atom. The summed E-state index contributed by atoms with van der Waals surface area (Å²) >= 11 is 0. The number of nitrogens with zero attached hydrogens (tertiary/aromatic N) is 2. The van der Waals surface area contributed by atoms with E-state index < -0.39 is 11.3 Å². The van der Waals surface area contributed by atoms with Crippen LogP contribution in [0, 0.1) is 10.1 Å². The third-order valence-corrected chi connectivity index (χ3v) is 3.24. The minimum atomic E-state index is -2.71. The number of anilines is 1. The van der Waals surface area contributed by atoms with E-state index in [4.69, 9.17) is 4.74 Å². The van der Waals surface area contributed by atoms with E-state index in [-0.39, 0.29) is 17.4 Å². The second-order valence-corrected chi connectivity index (χ2v) is 4.79. The highest BCUT2D eigenvalue weighted by Gasteiger charge is 2.24. The summed E-state index contributed by atoms with van der Waals surface area (Å²) in [4.78, 5) is 12.3. The molecule has 1 fully saturated rings.